The van der Waals surface area contributed by atoms with Crippen molar-refractivity contribution in [3.63, 3.8) is 0 Å². The van der Waals surface area contributed by atoms with Gasteiger partial charge in [0.05, 0.1) is 12.7 Å². The van der Waals surface area contributed by atoms with Gasteiger partial charge < -0.3 is 4.74 Å². The lowest BCUT2D eigenvalue weighted by molar-refractivity contribution is 0.0973. The number of methoxy groups -OCH3 is 1. The zero-order valence-corrected chi connectivity index (χ0v) is 9.13. The lowest BCUT2D eigenvalue weighted by Gasteiger charge is -2.07. The molecule has 0 atom stereocenters. The average molecular weight is 220 g/mol. The fourth-order valence-electron chi connectivity index (χ4n) is 1.42. The maximum atomic E-state index is 13.5. The van der Waals surface area contributed by atoms with E-state index in [0.29, 0.717) is 12.8 Å². The first-order chi connectivity index (χ1) is 7.70. The van der Waals surface area contributed by atoms with Crippen molar-refractivity contribution in [1.82, 2.24) is 0 Å². The quantitative estimate of drug-likeness (QED) is 0.433. The molecule has 0 aromatic heterocycles. The van der Waals surface area contributed by atoms with E-state index < -0.39 is 5.82 Å². The van der Waals surface area contributed by atoms with Crippen molar-refractivity contribution < 1.29 is 13.9 Å². The number of hydrogen-bond acceptors (Lipinski definition) is 2. The topological polar surface area (TPSA) is 26.3 Å². The maximum absolute atomic E-state index is 13.5. The maximum Gasteiger partial charge on any atom is 0.169 e. The average Bonchev–Trinajstić information content (AvgIpc) is 2.28. The summed E-state index contributed by atoms with van der Waals surface area (Å²) in [6.07, 6.45) is 6.40. The molecule has 84 valence electrons. The Bertz CT molecular complexity index is 418. The van der Waals surface area contributed by atoms with Crippen molar-refractivity contribution >= 4 is 5.78 Å². The van der Waals surface area contributed by atoms with E-state index in [-0.39, 0.29) is 23.5 Å². The van der Waals surface area contributed by atoms with E-state index in [4.69, 9.17) is 11.2 Å². The van der Waals surface area contributed by atoms with Gasteiger partial charge in [-0.15, -0.1) is 12.3 Å². The van der Waals surface area contributed by atoms with Gasteiger partial charge in [-0.1, -0.05) is 6.07 Å². The number of hydrogen-bond donors (Lipinski definition) is 0. The Morgan fingerprint density at radius 2 is 2.31 bits per heavy atom. The number of ether oxygens (including phenoxy) is 1. The van der Waals surface area contributed by atoms with Crippen LogP contribution in [0.3, 0.4) is 0 Å². The van der Waals surface area contributed by atoms with Crippen LogP contribution < -0.4 is 4.74 Å². The number of ketones is 1. The Balaban J connectivity index is 2.86. The van der Waals surface area contributed by atoms with Crippen LogP contribution in [-0.2, 0) is 0 Å². The van der Waals surface area contributed by atoms with E-state index in [0.717, 1.165) is 0 Å². The van der Waals surface area contributed by atoms with Gasteiger partial charge in [0.15, 0.2) is 5.78 Å². The molecule has 0 aliphatic heterocycles. The van der Waals surface area contributed by atoms with Gasteiger partial charge in [0.1, 0.15) is 11.6 Å². The fourth-order valence-corrected chi connectivity index (χ4v) is 1.42. The lowest BCUT2D eigenvalue weighted by Crippen LogP contribution is -2.05. The zero-order chi connectivity index (χ0) is 12.0. The van der Waals surface area contributed by atoms with Gasteiger partial charge in [-0.3, -0.25) is 4.79 Å². The largest absolute Gasteiger partial charge is 0.496 e. The summed E-state index contributed by atoms with van der Waals surface area (Å²) in [5.74, 6) is 1.89. The smallest absolute Gasteiger partial charge is 0.169 e. The van der Waals surface area contributed by atoms with Crippen LogP contribution in [0.2, 0.25) is 0 Å². The molecule has 1 rings (SSSR count). The van der Waals surface area contributed by atoms with Crippen molar-refractivity contribution in [3.8, 4) is 18.1 Å². The third-order valence-corrected chi connectivity index (χ3v) is 2.20. The van der Waals surface area contributed by atoms with Crippen LogP contribution in [-0.4, -0.2) is 12.9 Å². The summed E-state index contributed by atoms with van der Waals surface area (Å²) >= 11 is 0. The van der Waals surface area contributed by atoms with E-state index >= 15 is 0 Å². The standard InChI is InChI=1S/C13H13FO2/c1-3-4-5-8-11(15)13-10(14)7-6-9-12(13)16-2/h1,6-7,9H,4-5,8H2,2H3. The molecule has 3 heteroatoms. The molecule has 0 heterocycles. The van der Waals surface area contributed by atoms with Crippen LogP contribution in [0.4, 0.5) is 4.39 Å². The molecule has 0 amide bonds. The second-order valence-electron chi connectivity index (χ2n) is 3.30. The molecule has 0 aliphatic rings. The first-order valence-corrected chi connectivity index (χ1v) is 5.00. The van der Waals surface area contributed by atoms with Crippen LogP contribution in [0.15, 0.2) is 18.2 Å². The molecule has 1 aromatic rings. The predicted molar refractivity (Wildman–Crippen MR) is 60.0 cm³/mol. The van der Waals surface area contributed by atoms with E-state index in [2.05, 4.69) is 5.92 Å². The van der Waals surface area contributed by atoms with Crippen molar-refractivity contribution in [2.75, 3.05) is 7.11 Å². The second kappa shape index (κ2) is 5.92. The summed E-state index contributed by atoms with van der Waals surface area (Å²) < 4.78 is 18.4. The Kier molecular flexibility index (Phi) is 4.53. The molecule has 0 saturated carbocycles. The summed E-state index contributed by atoms with van der Waals surface area (Å²) in [4.78, 5) is 11.7. The highest BCUT2D eigenvalue weighted by Gasteiger charge is 2.16. The van der Waals surface area contributed by atoms with Gasteiger partial charge in [0.2, 0.25) is 0 Å². The second-order valence-corrected chi connectivity index (χ2v) is 3.30. The summed E-state index contributed by atoms with van der Waals surface area (Å²) in [6, 6.07) is 4.32. The summed E-state index contributed by atoms with van der Waals surface area (Å²) in [5, 5.41) is 0. The zero-order valence-electron chi connectivity index (χ0n) is 9.13. The Morgan fingerprint density at radius 1 is 1.56 bits per heavy atom. The monoisotopic (exact) mass is 220 g/mol. The molecule has 0 fully saturated rings. The van der Waals surface area contributed by atoms with Gasteiger partial charge in [0, 0.05) is 12.8 Å². The molecule has 0 bridgehead atoms. The van der Waals surface area contributed by atoms with Crippen LogP contribution in [0.25, 0.3) is 0 Å². The molecule has 0 saturated heterocycles. The minimum Gasteiger partial charge on any atom is -0.496 e. The molecule has 0 radical (unpaired) electrons. The molecule has 1 aromatic carbocycles. The molecule has 0 N–H and O–H groups in total. The minimum absolute atomic E-state index is 0.0158. The number of benzene rings is 1. The first-order valence-electron chi connectivity index (χ1n) is 5.00. The minimum atomic E-state index is -0.551. The van der Waals surface area contributed by atoms with Gasteiger partial charge in [-0.25, -0.2) is 4.39 Å². The summed E-state index contributed by atoms with van der Waals surface area (Å²) in [6.45, 7) is 0. The summed E-state index contributed by atoms with van der Waals surface area (Å²) in [5.41, 5.74) is 0.0158. The van der Waals surface area contributed by atoms with E-state index in [9.17, 15) is 9.18 Å². The molecule has 16 heavy (non-hydrogen) atoms. The van der Waals surface area contributed by atoms with Crippen LogP contribution in [0.1, 0.15) is 29.6 Å². The highest BCUT2D eigenvalue weighted by molar-refractivity contribution is 5.98. The SMILES string of the molecule is C#CCCCC(=O)c1c(F)cccc1OC. The summed E-state index contributed by atoms with van der Waals surface area (Å²) in [7, 11) is 1.41. The van der Waals surface area contributed by atoms with Gasteiger partial charge in [0.25, 0.3) is 0 Å². The highest BCUT2D eigenvalue weighted by atomic mass is 19.1. The molecular weight excluding hydrogens is 207 g/mol. The fraction of sp³-hybridized carbons (Fsp3) is 0.308. The van der Waals surface area contributed by atoms with Crippen molar-refractivity contribution in [3.05, 3.63) is 29.6 Å². The third-order valence-electron chi connectivity index (χ3n) is 2.20. The molecule has 0 unspecified atom stereocenters. The van der Waals surface area contributed by atoms with Crippen molar-refractivity contribution in [2.24, 2.45) is 0 Å². The number of halogens is 1. The van der Waals surface area contributed by atoms with Gasteiger partial charge in [-0.2, -0.15) is 0 Å². The van der Waals surface area contributed by atoms with Gasteiger partial charge in [-0.05, 0) is 18.6 Å². The van der Waals surface area contributed by atoms with Crippen LogP contribution in [0, 0.1) is 18.2 Å². The Hall–Kier alpha value is -1.82. The molecule has 2 nitrogen and oxygen atoms in total. The Labute approximate surface area is 94.4 Å². The van der Waals surface area contributed by atoms with Crippen LogP contribution in [0.5, 0.6) is 5.75 Å². The third kappa shape index (κ3) is 2.83. The number of Topliss-reactive ketones (excluding diaryl/α,β-unsaturated/α-hetero) is 1. The normalized spacial score (nSPS) is 9.56. The molecule has 0 aliphatic carbocycles. The number of rotatable bonds is 5. The molecular formula is C13H13FO2. The lowest BCUT2D eigenvalue weighted by atomic mass is 10.0. The van der Waals surface area contributed by atoms with Gasteiger partial charge >= 0.3 is 0 Å². The Morgan fingerprint density at radius 3 is 2.94 bits per heavy atom. The number of terminal acetylenes is 1. The van der Waals surface area contributed by atoms with Crippen LogP contribution >= 0.6 is 0 Å². The van der Waals surface area contributed by atoms with E-state index in [1.54, 1.807) is 6.07 Å². The van der Waals surface area contributed by atoms with Crippen molar-refractivity contribution in [2.45, 2.75) is 19.3 Å². The first kappa shape index (κ1) is 12.3. The number of carbonyl (C=O) groups excluding carboxylic acids is 1. The molecule has 0 spiro atoms. The number of carbonyl (C=O) groups is 1. The van der Waals surface area contributed by atoms with E-state index in [1.165, 1.54) is 19.2 Å². The van der Waals surface area contributed by atoms with Crippen molar-refractivity contribution in [1.29, 1.82) is 0 Å². The predicted octanol–water partition coefficient (Wildman–Crippen LogP) is 2.82. The van der Waals surface area contributed by atoms with E-state index in [1.807, 2.05) is 0 Å². The highest BCUT2D eigenvalue weighted by Crippen LogP contribution is 2.23. The number of unbranched alkanes of at least 4 members (excludes halogenated alkanes) is 1.